The molecule has 2 aromatic heterocycles. The summed E-state index contributed by atoms with van der Waals surface area (Å²) in [4.78, 5) is 8.11. The Hall–Kier alpha value is -1.88. The van der Waals surface area contributed by atoms with Gasteiger partial charge in [-0.3, -0.25) is 0 Å². The summed E-state index contributed by atoms with van der Waals surface area (Å²) in [6, 6.07) is -0.608. The Morgan fingerprint density at radius 2 is 2.00 bits per heavy atom. The molecule has 0 bridgehead atoms. The summed E-state index contributed by atoms with van der Waals surface area (Å²) in [6.45, 7) is 0.0258. The van der Waals surface area contributed by atoms with E-state index in [-0.39, 0.29) is 30.5 Å². The maximum absolute atomic E-state index is 14.5. The van der Waals surface area contributed by atoms with Gasteiger partial charge in [0.15, 0.2) is 0 Å². The lowest BCUT2D eigenvalue weighted by Crippen LogP contribution is -2.49. The number of rotatable bonds is 4. The molecule has 4 rings (SSSR count). The summed E-state index contributed by atoms with van der Waals surface area (Å²) in [5.41, 5.74) is 0.200. The molecule has 2 atom stereocenters. The van der Waals surface area contributed by atoms with Crippen molar-refractivity contribution in [3.63, 3.8) is 0 Å². The van der Waals surface area contributed by atoms with Crippen molar-refractivity contribution < 1.29 is 17.2 Å². The average molecular weight is 400 g/mol. The molecule has 0 amide bonds. The van der Waals surface area contributed by atoms with Crippen LogP contribution in [0, 0.1) is 5.95 Å². The van der Waals surface area contributed by atoms with E-state index < -0.39 is 28.2 Å². The number of hydrogen-bond donors (Lipinski definition) is 1. The maximum Gasteiger partial charge on any atom is 0.242 e. The molecule has 1 saturated carbocycles. The fourth-order valence-corrected chi connectivity index (χ4v) is 4.74. The van der Waals surface area contributed by atoms with Gasteiger partial charge < -0.3 is 5.32 Å². The van der Waals surface area contributed by atoms with Crippen molar-refractivity contribution >= 4 is 21.5 Å². The van der Waals surface area contributed by atoms with Crippen LogP contribution in [-0.4, -0.2) is 63.9 Å². The first-order valence-corrected chi connectivity index (χ1v) is 10.9. The summed E-state index contributed by atoms with van der Waals surface area (Å²) in [6.07, 6.45) is 5.38. The molecule has 0 unspecified atom stereocenters. The van der Waals surface area contributed by atoms with Crippen molar-refractivity contribution in [2.45, 2.75) is 50.2 Å². The predicted molar refractivity (Wildman–Crippen MR) is 95.3 cm³/mol. The van der Waals surface area contributed by atoms with E-state index in [4.69, 9.17) is 0 Å². The molecule has 1 N–H and O–H groups in total. The molecule has 1 saturated heterocycles. The van der Waals surface area contributed by atoms with Crippen molar-refractivity contribution in [3.8, 4) is 0 Å². The van der Waals surface area contributed by atoms with Gasteiger partial charge in [0.1, 0.15) is 17.5 Å². The third kappa shape index (κ3) is 3.62. The zero-order chi connectivity index (χ0) is 19.2. The number of imidazole rings is 1. The number of halogens is 2. The number of anilines is 1. The van der Waals surface area contributed by atoms with Gasteiger partial charge in [0, 0.05) is 19.0 Å². The van der Waals surface area contributed by atoms with Crippen molar-refractivity contribution in [3.05, 3.63) is 18.0 Å². The van der Waals surface area contributed by atoms with E-state index in [1.165, 1.54) is 10.7 Å². The molecule has 27 heavy (non-hydrogen) atoms. The molecule has 2 aromatic rings. The van der Waals surface area contributed by atoms with E-state index in [2.05, 4.69) is 20.4 Å². The van der Waals surface area contributed by atoms with Gasteiger partial charge in [0.2, 0.25) is 21.9 Å². The molecule has 11 heteroatoms. The number of fused-ring (bicyclic) bond motifs is 1. The van der Waals surface area contributed by atoms with Crippen molar-refractivity contribution in [1.82, 2.24) is 23.9 Å². The van der Waals surface area contributed by atoms with Crippen molar-refractivity contribution in [2.24, 2.45) is 0 Å². The number of hydrogen-bond acceptors (Lipinski definition) is 6. The lowest BCUT2D eigenvalue weighted by molar-refractivity contribution is 0.186. The average Bonchev–Trinajstić information content (AvgIpc) is 3.24. The second-order valence-corrected chi connectivity index (χ2v) is 9.28. The highest BCUT2D eigenvalue weighted by Crippen LogP contribution is 2.34. The molecule has 1 aliphatic carbocycles. The molecule has 2 fully saturated rings. The second kappa shape index (κ2) is 6.93. The number of sulfonamides is 1. The SMILES string of the molecule is CS(=O)(=O)N1CC[C@@H](Nc2ncc3c(F)nc(C4CCCC4)n3n2)[C@H](F)C1. The van der Waals surface area contributed by atoms with E-state index in [1.807, 2.05) is 0 Å². The number of piperidine rings is 1. The van der Waals surface area contributed by atoms with Crippen molar-refractivity contribution in [1.29, 1.82) is 0 Å². The van der Waals surface area contributed by atoms with E-state index in [1.54, 1.807) is 0 Å². The fraction of sp³-hybridized carbons (Fsp3) is 0.688. The minimum atomic E-state index is -3.42. The van der Waals surface area contributed by atoms with Gasteiger partial charge in [-0.25, -0.2) is 27.3 Å². The Labute approximate surface area is 156 Å². The van der Waals surface area contributed by atoms with Crippen LogP contribution in [0.4, 0.5) is 14.7 Å². The molecule has 8 nitrogen and oxygen atoms in total. The zero-order valence-corrected chi connectivity index (χ0v) is 15.8. The molecule has 2 aliphatic rings. The molecule has 1 aliphatic heterocycles. The van der Waals surface area contributed by atoms with E-state index in [9.17, 15) is 17.2 Å². The third-order valence-corrected chi connectivity index (χ3v) is 6.65. The number of alkyl halides is 1. The Morgan fingerprint density at radius 3 is 2.67 bits per heavy atom. The molecule has 0 aromatic carbocycles. The van der Waals surface area contributed by atoms with Gasteiger partial charge in [-0.15, -0.1) is 5.10 Å². The Balaban J connectivity index is 1.55. The van der Waals surface area contributed by atoms with Crippen LogP contribution in [0.3, 0.4) is 0 Å². The lowest BCUT2D eigenvalue weighted by atomic mass is 10.1. The molecule has 3 heterocycles. The normalized spacial score (nSPS) is 25.3. The summed E-state index contributed by atoms with van der Waals surface area (Å²) in [5, 5.41) is 7.26. The van der Waals surface area contributed by atoms with Gasteiger partial charge >= 0.3 is 0 Å². The van der Waals surface area contributed by atoms with Gasteiger partial charge in [0.25, 0.3) is 0 Å². The van der Waals surface area contributed by atoms with E-state index in [0.29, 0.717) is 12.2 Å². The standard InChI is InChI=1S/C16H22F2N6O2S/c1-27(25,26)23-7-6-12(11(17)9-23)20-16-19-8-13-14(18)21-15(24(13)22-16)10-4-2-3-5-10/h8,10-12H,2-7,9H2,1H3,(H,20,22)/t11-,12-/m1/s1. The van der Waals surface area contributed by atoms with Gasteiger partial charge in [-0.1, -0.05) is 12.8 Å². The van der Waals surface area contributed by atoms with Crippen LogP contribution in [0.15, 0.2) is 6.20 Å². The minimum absolute atomic E-state index is 0.164. The summed E-state index contributed by atoms with van der Waals surface area (Å²) >= 11 is 0. The highest BCUT2D eigenvalue weighted by Gasteiger charge is 2.34. The molecule has 0 radical (unpaired) electrons. The molecular formula is C16H22F2N6O2S. The zero-order valence-electron chi connectivity index (χ0n) is 15.0. The van der Waals surface area contributed by atoms with Crippen LogP contribution >= 0.6 is 0 Å². The summed E-state index contributed by atoms with van der Waals surface area (Å²) < 4.78 is 54.3. The molecule has 0 spiro atoms. The minimum Gasteiger partial charge on any atom is -0.347 e. The first-order chi connectivity index (χ1) is 12.8. The fourth-order valence-electron chi connectivity index (χ4n) is 3.89. The highest BCUT2D eigenvalue weighted by molar-refractivity contribution is 7.88. The van der Waals surface area contributed by atoms with Crippen LogP contribution < -0.4 is 5.32 Å². The Bertz CT molecular complexity index is 944. The summed E-state index contributed by atoms with van der Waals surface area (Å²) in [7, 11) is -3.42. The van der Waals surface area contributed by atoms with Crippen LogP contribution in [-0.2, 0) is 10.0 Å². The van der Waals surface area contributed by atoms with E-state index in [0.717, 1.165) is 36.2 Å². The van der Waals surface area contributed by atoms with Crippen LogP contribution in [0.2, 0.25) is 0 Å². The van der Waals surface area contributed by atoms with Crippen molar-refractivity contribution in [2.75, 3.05) is 24.7 Å². The van der Waals surface area contributed by atoms with Gasteiger partial charge in [0.05, 0.1) is 18.5 Å². The smallest absolute Gasteiger partial charge is 0.242 e. The first-order valence-electron chi connectivity index (χ1n) is 9.10. The first kappa shape index (κ1) is 18.5. The topological polar surface area (TPSA) is 92.5 Å². The van der Waals surface area contributed by atoms with E-state index >= 15 is 0 Å². The number of nitrogens with zero attached hydrogens (tertiary/aromatic N) is 5. The lowest BCUT2D eigenvalue weighted by Gasteiger charge is -2.33. The molecule has 148 valence electrons. The van der Waals surface area contributed by atoms with Gasteiger partial charge in [-0.05, 0) is 19.3 Å². The van der Waals surface area contributed by atoms with Gasteiger partial charge in [-0.2, -0.15) is 8.70 Å². The largest absolute Gasteiger partial charge is 0.347 e. The highest BCUT2D eigenvalue weighted by atomic mass is 32.2. The Morgan fingerprint density at radius 1 is 1.26 bits per heavy atom. The maximum atomic E-state index is 14.5. The summed E-state index contributed by atoms with van der Waals surface area (Å²) in [5.74, 6) is 0.318. The van der Waals surface area contributed by atoms with Crippen LogP contribution in [0.5, 0.6) is 0 Å². The number of nitrogens with one attached hydrogen (secondary N) is 1. The number of aromatic nitrogens is 4. The second-order valence-electron chi connectivity index (χ2n) is 7.30. The van der Waals surface area contributed by atoms with Crippen LogP contribution in [0.25, 0.3) is 5.52 Å². The van der Waals surface area contributed by atoms with Crippen LogP contribution in [0.1, 0.15) is 43.8 Å². The predicted octanol–water partition coefficient (Wildman–Crippen LogP) is 1.70. The third-order valence-electron chi connectivity index (χ3n) is 5.38. The quantitative estimate of drug-likeness (QED) is 0.840. The Kier molecular flexibility index (Phi) is 4.75. The molecular weight excluding hydrogens is 378 g/mol. The monoisotopic (exact) mass is 400 g/mol.